The van der Waals surface area contributed by atoms with Gasteiger partial charge < -0.3 is 10.2 Å². The average Bonchev–Trinajstić information content (AvgIpc) is 2.45. The minimum absolute atomic E-state index is 0.00507. The number of nitrogens with one attached hydrogen (secondary N) is 3. The number of carbonyl (C=O) groups excluding carboxylic acids is 2. The Morgan fingerprint density at radius 2 is 1.78 bits per heavy atom. The van der Waals surface area contributed by atoms with Crippen LogP contribution in [-0.4, -0.2) is 31.6 Å². The first-order chi connectivity index (χ1) is 10.9. The molecule has 0 aromatic heterocycles. The maximum absolute atomic E-state index is 11.9. The summed E-state index contributed by atoms with van der Waals surface area (Å²) in [5.74, 6) is -0.276. The van der Waals surface area contributed by atoms with Gasteiger partial charge in [0.1, 0.15) is 6.54 Å². The first kappa shape index (κ1) is 17.0. The number of hydrogen-bond acceptors (Lipinski definition) is 2. The number of carbonyl (C=O) groups is 2. The van der Waals surface area contributed by atoms with Crippen LogP contribution in [0.3, 0.4) is 0 Å². The second-order valence-corrected chi connectivity index (χ2v) is 6.17. The van der Waals surface area contributed by atoms with E-state index in [1.165, 1.54) is 16.3 Å². The van der Waals surface area contributed by atoms with E-state index in [1.54, 1.807) is 0 Å². The summed E-state index contributed by atoms with van der Waals surface area (Å²) in [6.07, 6.45) is 0. The normalized spacial score (nSPS) is 12.2. The second-order valence-electron chi connectivity index (χ2n) is 6.17. The smallest absolute Gasteiger partial charge is 0.321 e. The van der Waals surface area contributed by atoms with Crippen LogP contribution in [0.25, 0.3) is 10.8 Å². The van der Waals surface area contributed by atoms with Crippen LogP contribution >= 0.6 is 0 Å². The van der Waals surface area contributed by atoms with Crippen LogP contribution < -0.4 is 15.5 Å². The fraction of sp³-hybridized carbons (Fsp3) is 0.333. The van der Waals surface area contributed by atoms with Crippen LogP contribution in [-0.2, 0) is 11.3 Å². The third-order valence-electron chi connectivity index (χ3n) is 3.45. The number of amides is 3. The number of hydrogen-bond donors (Lipinski definition) is 3. The summed E-state index contributed by atoms with van der Waals surface area (Å²) in [5.41, 5.74) is 1.17. The number of quaternary nitrogens is 1. The van der Waals surface area contributed by atoms with Crippen molar-refractivity contribution in [2.75, 3.05) is 13.6 Å². The molecule has 23 heavy (non-hydrogen) atoms. The third kappa shape index (κ3) is 5.38. The Labute approximate surface area is 136 Å². The average molecular weight is 314 g/mol. The lowest BCUT2D eigenvalue weighted by Crippen LogP contribution is -3.09. The predicted molar refractivity (Wildman–Crippen MR) is 91.2 cm³/mol. The molecule has 2 rings (SSSR count). The number of benzene rings is 2. The summed E-state index contributed by atoms with van der Waals surface area (Å²) in [4.78, 5) is 24.4. The molecule has 122 valence electrons. The Balaban J connectivity index is 1.89. The van der Waals surface area contributed by atoms with Crippen molar-refractivity contribution in [3.63, 3.8) is 0 Å². The van der Waals surface area contributed by atoms with Crippen molar-refractivity contribution in [3.05, 3.63) is 48.0 Å². The first-order valence-corrected chi connectivity index (χ1v) is 7.83. The number of urea groups is 1. The monoisotopic (exact) mass is 314 g/mol. The zero-order valence-corrected chi connectivity index (χ0v) is 13.8. The molecule has 0 spiro atoms. The molecule has 2 aromatic rings. The van der Waals surface area contributed by atoms with Gasteiger partial charge in [0.2, 0.25) is 0 Å². The first-order valence-electron chi connectivity index (χ1n) is 7.83. The maximum atomic E-state index is 11.9. The van der Waals surface area contributed by atoms with Gasteiger partial charge in [-0.05, 0) is 30.7 Å². The molecule has 0 saturated carbocycles. The highest BCUT2D eigenvalue weighted by Crippen LogP contribution is 2.14. The van der Waals surface area contributed by atoms with Crippen LogP contribution in [0.1, 0.15) is 19.4 Å². The van der Waals surface area contributed by atoms with Gasteiger partial charge in [-0.1, -0.05) is 36.4 Å². The second kappa shape index (κ2) is 7.74. The highest BCUT2D eigenvalue weighted by molar-refractivity contribution is 5.94. The standard InChI is InChI=1S/C18H23N3O2/c1-13(2)19-18(23)20-17(22)12-21(3)11-14-8-9-15-6-4-5-7-16(15)10-14/h4-10,13H,11-12H2,1-3H3,(H2,19,20,22,23)/p+1. The zero-order chi connectivity index (χ0) is 16.8. The summed E-state index contributed by atoms with van der Waals surface area (Å²) >= 11 is 0. The van der Waals surface area contributed by atoms with Gasteiger partial charge >= 0.3 is 6.03 Å². The molecule has 3 N–H and O–H groups in total. The van der Waals surface area contributed by atoms with Crippen molar-refractivity contribution in [3.8, 4) is 0 Å². The highest BCUT2D eigenvalue weighted by atomic mass is 16.2. The Morgan fingerprint density at radius 1 is 1.09 bits per heavy atom. The summed E-state index contributed by atoms with van der Waals surface area (Å²) < 4.78 is 0. The van der Waals surface area contributed by atoms with Crippen LogP contribution in [0, 0.1) is 0 Å². The molecular formula is C18H24N3O2+. The van der Waals surface area contributed by atoms with Gasteiger partial charge in [0.25, 0.3) is 5.91 Å². The van der Waals surface area contributed by atoms with Crippen molar-refractivity contribution in [2.45, 2.75) is 26.4 Å². The molecule has 5 nitrogen and oxygen atoms in total. The van der Waals surface area contributed by atoms with Crippen LogP contribution in [0.5, 0.6) is 0 Å². The molecule has 1 atom stereocenters. The number of likely N-dealkylation sites (N-methyl/N-ethyl adjacent to an activating group) is 1. The molecule has 0 heterocycles. The summed E-state index contributed by atoms with van der Waals surface area (Å²) in [7, 11) is 1.94. The summed E-state index contributed by atoms with van der Waals surface area (Å²) in [6, 6.07) is 14.1. The van der Waals surface area contributed by atoms with Gasteiger partial charge in [0.15, 0.2) is 6.54 Å². The number of rotatable bonds is 5. The molecule has 0 fully saturated rings. The van der Waals surface area contributed by atoms with Gasteiger partial charge in [-0.3, -0.25) is 10.1 Å². The highest BCUT2D eigenvalue weighted by Gasteiger charge is 2.14. The molecular weight excluding hydrogens is 290 g/mol. The number of fused-ring (bicyclic) bond motifs is 1. The molecule has 0 aliphatic carbocycles. The maximum Gasteiger partial charge on any atom is 0.321 e. The van der Waals surface area contributed by atoms with Gasteiger partial charge in [-0.15, -0.1) is 0 Å². The van der Waals surface area contributed by atoms with Crippen molar-refractivity contribution in [1.82, 2.24) is 10.6 Å². The van der Waals surface area contributed by atoms with E-state index < -0.39 is 6.03 Å². The van der Waals surface area contributed by atoms with E-state index in [0.29, 0.717) is 0 Å². The summed E-state index contributed by atoms with van der Waals surface area (Å²) in [5, 5.41) is 7.38. The summed E-state index contributed by atoms with van der Waals surface area (Å²) in [6.45, 7) is 4.67. The van der Waals surface area contributed by atoms with Crippen molar-refractivity contribution in [1.29, 1.82) is 0 Å². The zero-order valence-electron chi connectivity index (χ0n) is 13.8. The van der Waals surface area contributed by atoms with E-state index in [2.05, 4.69) is 41.0 Å². The van der Waals surface area contributed by atoms with Crippen LogP contribution in [0.4, 0.5) is 4.79 Å². The molecule has 0 bridgehead atoms. The van der Waals surface area contributed by atoms with Gasteiger partial charge in [-0.25, -0.2) is 4.79 Å². The van der Waals surface area contributed by atoms with Crippen molar-refractivity contribution >= 4 is 22.7 Å². The third-order valence-corrected chi connectivity index (χ3v) is 3.45. The molecule has 2 aromatic carbocycles. The molecule has 0 radical (unpaired) electrons. The Bertz CT molecular complexity index is 697. The number of imide groups is 1. The molecule has 0 saturated heterocycles. The van der Waals surface area contributed by atoms with Gasteiger partial charge in [-0.2, -0.15) is 0 Å². The molecule has 0 aliphatic rings. The van der Waals surface area contributed by atoms with Crippen LogP contribution in [0.15, 0.2) is 42.5 Å². The van der Waals surface area contributed by atoms with E-state index >= 15 is 0 Å². The fourth-order valence-corrected chi connectivity index (χ4v) is 2.50. The van der Waals surface area contributed by atoms with Crippen molar-refractivity contribution in [2.24, 2.45) is 0 Å². The lowest BCUT2D eigenvalue weighted by molar-refractivity contribution is -0.885. The van der Waals surface area contributed by atoms with E-state index in [0.717, 1.165) is 11.4 Å². The largest absolute Gasteiger partial charge is 0.336 e. The Morgan fingerprint density at radius 3 is 2.48 bits per heavy atom. The van der Waals surface area contributed by atoms with Gasteiger partial charge in [0, 0.05) is 11.6 Å². The van der Waals surface area contributed by atoms with E-state index in [-0.39, 0.29) is 18.5 Å². The van der Waals surface area contributed by atoms with E-state index in [9.17, 15) is 9.59 Å². The quantitative estimate of drug-likeness (QED) is 0.773. The SMILES string of the molecule is CC(C)NC(=O)NC(=O)C[NH+](C)Cc1ccc2ccccc2c1. The molecule has 5 heteroatoms. The Kier molecular flexibility index (Phi) is 5.71. The predicted octanol–water partition coefficient (Wildman–Crippen LogP) is 1.09. The Hall–Kier alpha value is -2.40. The lowest BCUT2D eigenvalue weighted by atomic mass is 10.1. The fourth-order valence-electron chi connectivity index (χ4n) is 2.50. The lowest BCUT2D eigenvalue weighted by Gasteiger charge is -2.14. The minimum Gasteiger partial charge on any atom is -0.336 e. The molecule has 0 aliphatic heterocycles. The topological polar surface area (TPSA) is 62.6 Å². The van der Waals surface area contributed by atoms with Crippen LogP contribution in [0.2, 0.25) is 0 Å². The van der Waals surface area contributed by atoms with Crippen molar-refractivity contribution < 1.29 is 14.5 Å². The molecule has 3 amide bonds. The minimum atomic E-state index is -0.441. The molecule has 1 unspecified atom stereocenters. The van der Waals surface area contributed by atoms with E-state index in [1.807, 2.05) is 33.0 Å². The van der Waals surface area contributed by atoms with Gasteiger partial charge in [0.05, 0.1) is 7.05 Å². The van der Waals surface area contributed by atoms with E-state index in [4.69, 9.17) is 0 Å².